The first kappa shape index (κ1) is 24.2. The minimum atomic E-state index is -0.0568. The molecule has 8 heteroatoms. The van der Waals surface area contributed by atoms with E-state index in [2.05, 4.69) is 37.3 Å². The molecule has 0 radical (unpaired) electrons. The number of benzene rings is 1. The Morgan fingerprint density at radius 2 is 1.97 bits per heavy atom. The van der Waals surface area contributed by atoms with Gasteiger partial charge in [0.2, 0.25) is 0 Å². The number of ether oxygens (including phenoxy) is 1. The number of aromatic nitrogens is 2. The van der Waals surface area contributed by atoms with Crippen LogP contribution in [0.1, 0.15) is 44.0 Å². The molecular weight excluding hydrogens is 493 g/mol. The minimum Gasteiger partial charge on any atom is -0.466 e. The molecule has 1 aromatic heterocycles. The maximum atomic E-state index is 11.9. The van der Waals surface area contributed by atoms with E-state index in [1.165, 1.54) is 5.56 Å². The Labute approximate surface area is 195 Å². The lowest BCUT2D eigenvalue weighted by Gasteiger charge is -2.29. The number of guanidine groups is 1. The Hall–Kier alpha value is -2.10. The lowest BCUT2D eigenvalue weighted by molar-refractivity contribution is -0.149. The Bertz CT molecular complexity index is 801. The number of hydrogen-bond donors (Lipinski definition) is 2. The van der Waals surface area contributed by atoms with E-state index in [1.807, 2.05) is 37.5 Å². The zero-order valence-electron chi connectivity index (χ0n) is 17.7. The standard InChI is InChI=1S/C22H31N5O2.HI/c1-3-29-21(28)18-9-11-19(12-10-18)26-22(23-2)25-15-20-24-13-14-27(20)16-17-7-5-4-6-8-17;/h4-8,13-14,18-19H,3,9-12,15-16H2,1-2H3,(H2,23,25,26);1H. The van der Waals surface area contributed by atoms with Gasteiger partial charge in [-0.3, -0.25) is 9.79 Å². The summed E-state index contributed by atoms with van der Waals surface area (Å²) in [6.07, 6.45) is 7.41. The van der Waals surface area contributed by atoms with Gasteiger partial charge < -0.3 is 19.9 Å². The summed E-state index contributed by atoms with van der Waals surface area (Å²) in [5.74, 6) is 1.70. The Kier molecular flexibility index (Phi) is 10.1. The van der Waals surface area contributed by atoms with Crippen LogP contribution in [0.4, 0.5) is 0 Å². The van der Waals surface area contributed by atoms with E-state index in [9.17, 15) is 4.79 Å². The number of esters is 1. The van der Waals surface area contributed by atoms with Crippen molar-refractivity contribution in [1.29, 1.82) is 0 Å². The van der Waals surface area contributed by atoms with Crippen LogP contribution in [0.25, 0.3) is 0 Å². The van der Waals surface area contributed by atoms with Gasteiger partial charge in [0.05, 0.1) is 19.1 Å². The molecule has 1 aliphatic rings. The number of nitrogens with zero attached hydrogens (tertiary/aromatic N) is 3. The van der Waals surface area contributed by atoms with Gasteiger partial charge in [0, 0.05) is 32.0 Å². The van der Waals surface area contributed by atoms with Crippen molar-refractivity contribution >= 4 is 35.9 Å². The molecule has 0 atom stereocenters. The fourth-order valence-corrected chi connectivity index (χ4v) is 3.72. The van der Waals surface area contributed by atoms with Crippen LogP contribution in [-0.2, 0) is 22.6 Å². The first-order valence-electron chi connectivity index (χ1n) is 10.4. The normalized spacial score (nSPS) is 18.9. The lowest BCUT2D eigenvalue weighted by Crippen LogP contribution is -2.45. The van der Waals surface area contributed by atoms with E-state index >= 15 is 0 Å². The van der Waals surface area contributed by atoms with Gasteiger partial charge in [0.25, 0.3) is 0 Å². The van der Waals surface area contributed by atoms with Gasteiger partial charge in [-0.25, -0.2) is 4.98 Å². The summed E-state index contributed by atoms with van der Waals surface area (Å²) in [6, 6.07) is 10.7. The fraction of sp³-hybridized carbons (Fsp3) is 0.500. The van der Waals surface area contributed by atoms with Crippen LogP contribution in [-0.4, -0.2) is 41.2 Å². The number of aliphatic imine (C=N–C) groups is 1. The van der Waals surface area contributed by atoms with Crippen molar-refractivity contribution in [1.82, 2.24) is 20.2 Å². The Morgan fingerprint density at radius 1 is 1.23 bits per heavy atom. The molecule has 2 N–H and O–H groups in total. The van der Waals surface area contributed by atoms with Crippen LogP contribution in [0.15, 0.2) is 47.7 Å². The second-order valence-electron chi connectivity index (χ2n) is 7.33. The fourth-order valence-electron chi connectivity index (χ4n) is 3.72. The van der Waals surface area contributed by atoms with Crippen LogP contribution < -0.4 is 10.6 Å². The third-order valence-electron chi connectivity index (χ3n) is 5.32. The summed E-state index contributed by atoms with van der Waals surface area (Å²) in [5, 5.41) is 6.84. The van der Waals surface area contributed by atoms with E-state index in [0.29, 0.717) is 19.2 Å². The number of nitrogens with one attached hydrogen (secondary N) is 2. The quantitative estimate of drug-likeness (QED) is 0.251. The lowest BCUT2D eigenvalue weighted by atomic mass is 9.86. The molecule has 0 unspecified atom stereocenters. The van der Waals surface area contributed by atoms with E-state index in [-0.39, 0.29) is 35.9 Å². The summed E-state index contributed by atoms with van der Waals surface area (Å²) < 4.78 is 7.29. The average molecular weight is 525 g/mol. The third kappa shape index (κ3) is 7.00. The van der Waals surface area contributed by atoms with Gasteiger partial charge in [-0.05, 0) is 38.2 Å². The predicted molar refractivity (Wildman–Crippen MR) is 129 cm³/mol. The van der Waals surface area contributed by atoms with Crippen LogP contribution in [0, 0.1) is 5.92 Å². The molecule has 1 fully saturated rings. The van der Waals surface area contributed by atoms with Crippen molar-refractivity contribution in [3.63, 3.8) is 0 Å². The predicted octanol–water partition coefficient (Wildman–Crippen LogP) is 3.34. The molecule has 0 spiro atoms. The molecule has 1 heterocycles. The molecule has 1 saturated carbocycles. The summed E-state index contributed by atoms with van der Waals surface area (Å²) in [6.45, 7) is 3.69. The largest absolute Gasteiger partial charge is 0.466 e. The van der Waals surface area contributed by atoms with Gasteiger partial charge in [0.15, 0.2) is 5.96 Å². The van der Waals surface area contributed by atoms with E-state index < -0.39 is 0 Å². The highest BCUT2D eigenvalue weighted by Gasteiger charge is 2.27. The van der Waals surface area contributed by atoms with Crippen molar-refractivity contribution in [3.8, 4) is 0 Å². The van der Waals surface area contributed by atoms with E-state index in [0.717, 1.165) is 44.0 Å². The molecular formula is C22H32IN5O2. The van der Waals surface area contributed by atoms with Crippen LogP contribution in [0.3, 0.4) is 0 Å². The number of carbonyl (C=O) groups is 1. The maximum absolute atomic E-state index is 11.9. The number of imidazole rings is 1. The number of hydrogen-bond acceptors (Lipinski definition) is 4. The highest BCUT2D eigenvalue weighted by molar-refractivity contribution is 14.0. The van der Waals surface area contributed by atoms with Gasteiger partial charge in [-0.1, -0.05) is 30.3 Å². The second kappa shape index (κ2) is 12.6. The number of rotatable bonds is 7. The summed E-state index contributed by atoms with van der Waals surface area (Å²) >= 11 is 0. The zero-order valence-corrected chi connectivity index (χ0v) is 20.0. The second-order valence-corrected chi connectivity index (χ2v) is 7.33. The average Bonchev–Trinajstić information content (AvgIpc) is 3.19. The van der Waals surface area contributed by atoms with Crippen molar-refractivity contribution in [2.75, 3.05) is 13.7 Å². The van der Waals surface area contributed by atoms with Gasteiger partial charge in [-0.15, -0.1) is 24.0 Å². The first-order valence-corrected chi connectivity index (χ1v) is 10.4. The Balaban J connectivity index is 0.00000320. The molecule has 0 saturated heterocycles. The monoisotopic (exact) mass is 525 g/mol. The SMILES string of the molecule is CCOC(=O)C1CCC(NC(=NC)NCc2nccn2Cc2ccccc2)CC1.I. The molecule has 3 rings (SSSR count). The highest BCUT2D eigenvalue weighted by atomic mass is 127. The molecule has 1 aliphatic carbocycles. The molecule has 164 valence electrons. The van der Waals surface area contributed by atoms with Crippen LogP contribution in [0.5, 0.6) is 0 Å². The molecule has 7 nitrogen and oxygen atoms in total. The first-order chi connectivity index (χ1) is 14.2. The number of halogens is 1. The summed E-state index contributed by atoms with van der Waals surface area (Å²) in [4.78, 5) is 20.7. The molecule has 0 aliphatic heterocycles. The van der Waals surface area contributed by atoms with Crippen molar-refractivity contribution in [2.45, 2.75) is 51.7 Å². The third-order valence-corrected chi connectivity index (χ3v) is 5.32. The topological polar surface area (TPSA) is 80.5 Å². The summed E-state index contributed by atoms with van der Waals surface area (Å²) in [5.41, 5.74) is 1.24. The number of carbonyl (C=O) groups excluding carboxylic acids is 1. The highest BCUT2D eigenvalue weighted by Crippen LogP contribution is 2.25. The van der Waals surface area contributed by atoms with E-state index in [1.54, 1.807) is 7.05 Å². The van der Waals surface area contributed by atoms with Crippen molar-refractivity contribution < 1.29 is 9.53 Å². The molecule has 30 heavy (non-hydrogen) atoms. The van der Waals surface area contributed by atoms with Gasteiger partial charge in [0.1, 0.15) is 5.82 Å². The molecule has 0 bridgehead atoms. The molecule has 2 aromatic rings. The van der Waals surface area contributed by atoms with E-state index in [4.69, 9.17) is 4.74 Å². The zero-order chi connectivity index (χ0) is 20.5. The van der Waals surface area contributed by atoms with Crippen molar-refractivity contribution in [3.05, 3.63) is 54.1 Å². The van der Waals surface area contributed by atoms with Crippen LogP contribution in [0.2, 0.25) is 0 Å². The van der Waals surface area contributed by atoms with Gasteiger partial charge in [-0.2, -0.15) is 0 Å². The maximum Gasteiger partial charge on any atom is 0.308 e. The smallest absolute Gasteiger partial charge is 0.308 e. The molecule has 1 aromatic carbocycles. The summed E-state index contributed by atoms with van der Waals surface area (Å²) in [7, 11) is 1.77. The van der Waals surface area contributed by atoms with Gasteiger partial charge >= 0.3 is 5.97 Å². The molecule has 0 amide bonds. The van der Waals surface area contributed by atoms with Crippen LogP contribution >= 0.6 is 24.0 Å². The van der Waals surface area contributed by atoms with Crippen molar-refractivity contribution in [2.24, 2.45) is 10.9 Å². The Morgan fingerprint density at radius 3 is 2.63 bits per heavy atom. The minimum absolute atomic E-state index is 0.